The molecule has 5 aromatic rings. The van der Waals surface area contributed by atoms with Crippen LogP contribution in [0, 0.1) is 0 Å². The van der Waals surface area contributed by atoms with Gasteiger partial charge in [0, 0.05) is 17.6 Å². The Hall–Kier alpha value is -3.78. The first kappa shape index (κ1) is 19.9. The van der Waals surface area contributed by atoms with Crippen molar-refractivity contribution < 1.29 is 8.42 Å². The summed E-state index contributed by atoms with van der Waals surface area (Å²) in [7, 11) is -3.89. The fourth-order valence-electron chi connectivity index (χ4n) is 4.48. The zero-order valence-corrected chi connectivity index (χ0v) is 18.8. The maximum atomic E-state index is 13.5. The van der Waals surface area contributed by atoms with E-state index in [2.05, 4.69) is 27.3 Å². The van der Waals surface area contributed by atoms with E-state index in [1.165, 1.54) is 10.1 Å². The van der Waals surface area contributed by atoms with Gasteiger partial charge in [-0.3, -0.25) is 0 Å². The number of sulfone groups is 1. The highest BCUT2D eigenvalue weighted by atomic mass is 32.2. The van der Waals surface area contributed by atoms with Gasteiger partial charge in [0.25, 0.3) is 0 Å². The van der Waals surface area contributed by atoms with Gasteiger partial charge < -0.3 is 4.90 Å². The number of anilines is 2. The van der Waals surface area contributed by atoms with E-state index in [0.717, 1.165) is 41.5 Å². The van der Waals surface area contributed by atoms with E-state index < -0.39 is 9.84 Å². The molecule has 0 bridgehead atoms. The second-order valence-electron chi connectivity index (χ2n) is 8.11. The minimum atomic E-state index is -3.89. The topological polar surface area (TPSA) is 80.5 Å². The number of rotatable bonds is 4. The van der Waals surface area contributed by atoms with Crippen LogP contribution < -0.4 is 4.90 Å². The minimum absolute atomic E-state index is 0.133. The van der Waals surface area contributed by atoms with Crippen LogP contribution in [0.3, 0.4) is 0 Å². The number of aryl methyl sites for hydroxylation is 1. The van der Waals surface area contributed by atoms with E-state index in [1.807, 2.05) is 55.5 Å². The molecule has 0 atom stereocenters. The molecule has 8 heteroatoms. The zero-order chi connectivity index (χ0) is 22.6. The Morgan fingerprint density at radius 3 is 2.52 bits per heavy atom. The van der Waals surface area contributed by atoms with Crippen molar-refractivity contribution in [2.45, 2.75) is 29.7 Å². The van der Waals surface area contributed by atoms with Gasteiger partial charge in [-0.1, -0.05) is 54.6 Å². The summed E-state index contributed by atoms with van der Waals surface area (Å²) in [6.07, 6.45) is 1.74. The second-order valence-corrected chi connectivity index (χ2v) is 9.98. The quantitative estimate of drug-likeness (QED) is 0.400. The van der Waals surface area contributed by atoms with Gasteiger partial charge in [0.1, 0.15) is 5.82 Å². The third-order valence-electron chi connectivity index (χ3n) is 6.24. The fraction of sp³-hybridized carbons (Fsp3) is 0.160. The first-order chi connectivity index (χ1) is 16.1. The smallest absolute Gasteiger partial charge is 0.229 e. The van der Waals surface area contributed by atoms with E-state index in [0.29, 0.717) is 5.82 Å². The Morgan fingerprint density at radius 2 is 1.70 bits per heavy atom. The molecular formula is C25H21N5O2S. The molecule has 0 N–H and O–H groups in total. The molecule has 7 nitrogen and oxygen atoms in total. The van der Waals surface area contributed by atoms with Gasteiger partial charge >= 0.3 is 0 Å². The van der Waals surface area contributed by atoms with E-state index >= 15 is 0 Å². The van der Waals surface area contributed by atoms with Gasteiger partial charge in [-0.05, 0) is 54.3 Å². The third-order valence-corrected chi connectivity index (χ3v) is 7.91. The average Bonchev–Trinajstić information content (AvgIpc) is 3.48. The summed E-state index contributed by atoms with van der Waals surface area (Å²) in [5.74, 6) is 0.711. The number of fused-ring (bicyclic) bond motifs is 4. The lowest BCUT2D eigenvalue weighted by Crippen LogP contribution is -2.16. The van der Waals surface area contributed by atoms with Gasteiger partial charge in [0.15, 0.2) is 5.65 Å². The van der Waals surface area contributed by atoms with Crippen LogP contribution in [0.2, 0.25) is 0 Å². The lowest BCUT2D eigenvalue weighted by molar-refractivity contribution is 0.592. The number of aromatic nitrogens is 4. The largest absolute Gasteiger partial charge is 0.325 e. The first-order valence-electron chi connectivity index (χ1n) is 10.9. The van der Waals surface area contributed by atoms with Crippen LogP contribution in [0.15, 0.2) is 82.7 Å². The molecule has 0 spiro atoms. The molecule has 2 aromatic heterocycles. The van der Waals surface area contributed by atoms with Crippen molar-refractivity contribution >= 4 is 37.9 Å². The first-order valence-corrected chi connectivity index (χ1v) is 12.4. The van der Waals surface area contributed by atoms with Crippen molar-refractivity contribution in [1.82, 2.24) is 19.8 Å². The summed E-state index contributed by atoms with van der Waals surface area (Å²) in [6.45, 7) is 2.80. The average molecular weight is 456 g/mol. The van der Waals surface area contributed by atoms with Crippen LogP contribution >= 0.6 is 0 Å². The maximum Gasteiger partial charge on any atom is 0.229 e. The van der Waals surface area contributed by atoms with Gasteiger partial charge in [-0.25, -0.2) is 13.4 Å². The molecule has 0 amide bonds. The Balaban J connectivity index is 1.59. The van der Waals surface area contributed by atoms with Crippen molar-refractivity contribution in [3.8, 4) is 0 Å². The van der Waals surface area contributed by atoms with Crippen molar-refractivity contribution in [1.29, 1.82) is 0 Å². The summed E-state index contributed by atoms with van der Waals surface area (Å²) in [6, 6.07) is 22.9. The lowest BCUT2D eigenvalue weighted by Gasteiger charge is -2.20. The monoisotopic (exact) mass is 455 g/mol. The number of benzene rings is 3. The fourth-order valence-corrected chi connectivity index (χ4v) is 5.72. The predicted octanol–water partition coefficient (Wildman–Crippen LogP) is 4.37. The van der Waals surface area contributed by atoms with E-state index in [-0.39, 0.29) is 15.6 Å². The van der Waals surface area contributed by atoms with Gasteiger partial charge in [0.05, 0.1) is 10.4 Å². The molecule has 33 heavy (non-hydrogen) atoms. The summed E-state index contributed by atoms with van der Waals surface area (Å²) in [4.78, 5) is 7.19. The number of hydrogen-bond donors (Lipinski definition) is 0. The molecule has 0 fully saturated rings. The third kappa shape index (κ3) is 3.01. The number of nitrogens with zero attached hydrogens (tertiary/aromatic N) is 5. The van der Waals surface area contributed by atoms with Crippen LogP contribution in [0.25, 0.3) is 16.6 Å². The van der Waals surface area contributed by atoms with Crippen LogP contribution in [0.1, 0.15) is 18.1 Å². The molecule has 164 valence electrons. The molecule has 0 saturated carbocycles. The zero-order valence-electron chi connectivity index (χ0n) is 18.0. The van der Waals surface area contributed by atoms with Crippen molar-refractivity contribution in [3.63, 3.8) is 0 Å². The highest BCUT2D eigenvalue weighted by Gasteiger charge is 2.29. The standard InChI is InChI=1S/C25H21N5O2S/c1-2-17-11-13-19(14-12-17)33(31,32)25-24-26-23(29-16-15-18-7-3-5-9-21(18)29)20-8-4-6-10-22(20)30(24)28-27-25/h3-14H,2,15-16H2,1H3. The van der Waals surface area contributed by atoms with E-state index in [9.17, 15) is 8.42 Å². The molecule has 0 radical (unpaired) electrons. The Morgan fingerprint density at radius 1 is 0.939 bits per heavy atom. The van der Waals surface area contributed by atoms with E-state index in [1.54, 1.807) is 12.1 Å². The summed E-state index contributed by atoms with van der Waals surface area (Å²) in [5.41, 5.74) is 4.40. The lowest BCUT2D eigenvalue weighted by atomic mass is 10.2. The highest BCUT2D eigenvalue weighted by molar-refractivity contribution is 7.91. The Bertz CT molecular complexity index is 1620. The molecule has 0 saturated heterocycles. The summed E-state index contributed by atoms with van der Waals surface area (Å²) in [5, 5.41) is 9.04. The molecule has 3 aromatic carbocycles. The van der Waals surface area contributed by atoms with Crippen LogP contribution in [0.5, 0.6) is 0 Å². The van der Waals surface area contributed by atoms with Crippen LogP contribution in [0.4, 0.5) is 11.5 Å². The van der Waals surface area contributed by atoms with Crippen molar-refractivity contribution in [3.05, 3.63) is 83.9 Å². The Kier molecular flexibility index (Phi) is 4.45. The molecule has 1 aliphatic rings. The molecule has 6 rings (SSSR count). The molecule has 0 aliphatic carbocycles. The number of hydrogen-bond acceptors (Lipinski definition) is 6. The van der Waals surface area contributed by atoms with Crippen LogP contribution in [-0.2, 0) is 22.7 Å². The van der Waals surface area contributed by atoms with Crippen LogP contribution in [-0.4, -0.2) is 34.8 Å². The van der Waals surface area contributed by atoms with Gasteiger partial charge in [-0.2, -0.15) is 4.52 Å². The summed E-state index contributed by atoms with van der Waals surface area (Å²) >= 11 is 0. The predicted molar refractivity (Wildman–Crippen MR) is 127 cm³/mol. The SMILES string of the molecule is CCc1ccc(S(=O)(=O)c2nnn3c2nc(N2CCc4ccccc42)c2ccccc23)cc1. The minimum Gasteiger partial charge on any atom is -0.325 e. The molecule has 1 aliphatic heterocycles. The van der Waals surface area contributed by atoms with Crippen molar-refractivity contribution in [2.24, 2.45) is 0 Å². The molecular weight excluding hydrogens is 434 g/mol. The molecule has 3 heterocycles. The Labute approximate surface area is 191 Å². The van der Waals surface area contributed by atoms with Crippen molar-refractivity contribution in [2.75, 3.05) is 11.4 Å². The second kappa shape index (κ2) is 7.38. The molecule has 0 unspecified atom stereocenters. The van der Waals surface area contributed by atoms with E-state index in [4.69, 9.17) is 4.98 Å². The van der Waals surface area contributed by atoms with Gasteiger partial charge in [-0.15, -0.1) is 5.10 Å². The summed E-state index contributed by atoms with van der Waals surface area (Å²) < 4.78 is 28.5. The van der Waals surface area contributed by atoms with Gasteiger partial charge in [0.2, 0.25) is 14.9 Å². The normalized spacial score (nSPS) is 13.7. The maximum absolute atomic E-state index is 13.5. The number of para-hydroxylation sites is 2. The highest BCUT2D eigenvalue weighted by Crippen LogP contribution is 2.38.